The fraction of sp³-hybridized carbons (Fsp3) is 0.462. The molecule has 0 amide bonds. The maximum atomic E-state index is 11.5. The number of ether oxygens (including phenoxy) is 1. The number of hydrogen-bond donors (Lipinski definition) is 0. The van der Waals surface area contributed by atoms with Gasteiger partial charge in [0.1, 0.15) is 11.5 Å². The monoisotopic (exact) mass is 222 g/mol. The van der Waals surface area contributed by atoms with E-state index in [0.717, 1.165) is 18.4 Å². The van der Waals surface area contributed by atoms with Crippen molar-refractivity contribution < 1.29 is 9.15 Å². The van der Waals surface area contributed by atoms with Crippen LogP contribution in [0, 0.1) is 6.92 Å². The Labute approximate surface area is 95.7 Å². The standard InChI is InChI=1S/C13H18O3/c1-5-6-7-9(2)11-8-12(15-4)10(3)13(14)16-11/h7-8H,5-6H2,1-4H3/b9-7+. The Hall–Kier alpha value is -1.51. The van der Waals surface area contributed by atoms with Gasteiger partial charge in [0.05, 0.1) is 12.7 Å². The van der Waals surface area contributed by atoms with Crippen molar-refractivity contribution in [3.8, 4) is 5.75 Å². The van der Waals surface area contributed by atoms with E-state index in [2.05, 4.69) is 13.0 Å². The van der Waals surface area contributed by atoms with Gasteiger partial charge < -0.3 is 9.15 Å². The normalized spacial score (nSPS) is 11.6. The zero-order valence-electron chi connectivity index (χ0n) is 10.3. The molecule has 88 valence electrons. The molecule has 0 aliphatic carbocycles. The van der Waals surface area contributed by atoms with Crippen molar-refractivity contribution in [2.24, 2.45) is 0 Å². The largest absolute Gasteiger partial charge is 0.496 e. The summed E-state index contributed by atoms with van der Waals surface area (Å²) in [6.45, 7) is 5.73. The third-order valence-corrected chi connectivity index (χ3v) is 2.49. The highest BCUT2D eigenvalue weighted by molar-refractivity contribution is 5.60. The first-order valence-electron chi connectivity index (χ1n) is 5.46. The Morgan fingerprint density at radius 1 is 1.56 bits per heavy atom. The zero-order chi connectivity index (χ0) is 12.1. The van der Waals surface area contributed by atoms with E-state index in [1.807, 2.05) is 6.92 Å². The van der Waals surface area contributed by atoms with E-state index in [-0.39, 0.29) is 5.63 Å². The summed E-state index contributed by atoms with van der Waals surface area (Å²) >= 11 is 0. The lowest BCUT2D eigenvalue weighted by molar-refractivity contribution is 0.395. The molecule has 3 heteroatoms. The Kier molecular flexibility index (Phi) is 4.35. The second kappa shape index (κ2) is 5.54. The molecule has 0 radical (unpaired) electrons. The van der Waals surface area contributed by atoms with Crippen LogP contribution in [0.25, 0.3) is 5.57 Å². The van der Waals surface area contributed by atoms with Gasteiger partial charge in [0.25, 0.3) is 0 Å². The predicted octanol–water partition coefficient (Wildman–Crippen LogP) is 3.16. The molecule has 0 aromatic carbocycles. The number of rotatable bonds is 4. The van der Waals surface area contributed by atoms with Crippen molar-refractivity contribution >= 4 is 5.57 Å². The van der Waals surface area contributed by atoms with Gasteiger partial charge in [-0.25, -0.2) is 4.79 Å². The van der Waals surface area contributed by atoms with Crippen LogP contribution in [-0.2, 0) is 0 Å². The minimum atomic E-state index is -0.335. The molecule has 1 aromatic heterocycles. The quantitative estimate of drug-likeness (QED) is 0.785. The summed E-state index contributed by atoms with van der Waals surface area (Å²) in [6.07, 6.45) is 4.11. The van der Waals surface area contributed by atoms with Crippen molar-refractivity contribution in [3.63, 3.8) is 0 Å². The summed E-state index contributed by atoms with van der Waals surface area (Å²) < 4.78 is 10.3. The smallest absolute Gasteiger partial charge is 0.342 e. The molecule has 0 atom stereocenters. The fourth-order valence-corrected chi connectivity index (χ4v) is 1.40. The topological polar surface area (TPSA) is 39.4 Å². The molecule has 0 saturated carbocycles. The lowest BCUT2D eigenvalue weighted by Gasteiger charge is -2.06. The lowest BCUT2D eigenvalue weighted by Crippen LogP contribution is -2.06. The van der Waals surface area contributed by atoms with Gasteiger partial charge in [-0.05, 0) is 25.8 Å². The average Bonchev–Trinajstić information content (AvgIpc) is 2.29. The fourth-order valence-electron chi connectivity index (χ4n) is 1.40. The minimum absolute atomic E-state index is 0.335. The van der Waals surface area contributed by atoms with Gasteiger partial charge in [-0.15, -0.1) is 0 Å². The highest BCUT2D eigenvalue weighted by atomic mass is 16.5. The maximum Gasteiger partial charge on any atom is 0.342 e. The van der Waals surface area contributed by atoms with Gasteiger partial charge in [0.15, 0.2) is 0 Å². The highest BCUT2D eigenvalue weighted by Crippen LogP contribution is 2.21. The third kappa shape index (κ3) is 2.75. The molecular formula is C13H18O3. The van der Waals surface area contributed by atoms with Crippen LogP contribution in [0.2, 0.25) is 0 Å². The highest BCUT2D eigenvalue weighted by Gasteiger charge is 2.08. The number of unbranched alkanes of at least 4 members (excludes halogenated alkanes) is 1. The van der Waals surface area contributed by atoms with Crippen molar-refractivity contribution in [3.05, 3.63) is 33.9 Å². The summed E-state index contributed by atoms with van der Waals surface area (Å²) in [4.78, 5) is 11.5. The van der Waals surface area contributed by atoms with Crippen molar-refractivity contribution in [2.45, 2.75) is 33.6 Å². The van der Waals surface area contributed by atoms with E-state index >= 15 is 0 Å². The average molecular weight is 222 g/mol. The minimum Gasteiger partial charge on any atom is -0.496 e. The van der Waals surface area contributed by atoms with Gasteiger partial charge in [-0.1, -0.05) is 19.4 Å². The Balaban J connectivity index is 3.16. The maximum absolute atomic E-state index is 11.5. The predicted molar refractivity (Wildman–Crippen MR) is 64.8 cm³/mol. The Bertz CT molecular complexity index is 441. The first-order valence-corrected chi connectivity index (χ1v) is 5.46. The van der Waals surface area contributed by atoms with Gasteiger partial charge in [-0.2, -0.15) is 0 Å². The van der Waals surface area contributed by atoms with Crippen molar-refractivity contribution in [1.29, 1.82) is 0 Å². The summed E-state index contributed by atoms with van der Waals surface area (Å²) in [7, 11) is 1.55. The van der Waals surface area contributed by atoms with E-state index in [0.29, 0.717) is 17.1 Å². The molecular weight excluding hydrogens is 204 g/mol. The molecule has 16 heavy (non-hydrogen) atoms. The number of methoxy groups -OCH3 is 1. The first-order chi connectivity index (χ1) is 7.60. The molecule has 0 N–H and O–H groups in total. The Morgan fingerprint density at radius 2 is 2.25 bits per heavy atom. The molecule has 3 nitrogen and oxygen atoms in total. The van der Waals surface area contributed by atoms with Gasteiger partial charge >= 0.3 is 5.63 Å². The van der Waals surface area contributed by atoms with Gasteiger partial charge in [0, 0.05) is 6.07 Å². The molecule has 1 rings (SSSR count). The van der Waals surface area contributed by atoms with Crippen LogP contribution in [0.1, 0.15) is 38.0 Å². The molecule has 1 heterocycles. The van der Waals surface area contributed by atoms with E-state index < -0.39 is 0 Å². The molecule has 0 saturated heterocycles. The summed E-state index contributed by atoms with van der Waals surface area (Å²) in [5.41, 5.74) is 1.14. The molecule has 0 aliphatic heterocycles. The molecule has 0 unspecified atom stereocenters. The van der Waals surface area contributed by atoms with Crippen LogP contribution in [-0.4, -0.2) is 7.11 Å². The summed E-state index contributed by atoms with van der Waals surface area (Å²) in [6, 6.07) is 1.76. The van der Waals surface area contributed by atoms with E-state index in [1.54, 1.807) is 20.1 Å². The zero-order valence-corrected chi connectivity index (χ0v) is 10.3. The van der Waals surface area contributed by atoms with Crippen LogP contribution in [0.15, 0.2) is 21.4 Å². The summed E-state index contributed by atoms with van der Waals surface area (Å²) in [5, 5.41) is 0. The summed E-state index contributed by atoms with van der Waals surface area (Å²) in [5.74, 6) is 1.16. The first kappa shape index (κ1) is 12.6. The van der Waals surface area contributed by atoms with Gasteiger partial charge in [-0.3, -0.25) is 0 Å². The van der Waals surface area contributed by atoms with E-state index in [1.165, 1.54) is 0 Å². The van der Waals surface area contributed by atoms with Crippen LogP contribution >= 0.6 is 0 Å². The number of hydrogen-bond acceptors (Lipinski definition) is 3. The molecule has 0 fully saturated rings. The van der Waals surface area contributed by atoms with Crippen LogP contribution in [0.3, 0.4) is 0 Å². The lowest BCUT2D eigenvalue weighted by atomic mass is 10.1. The van der Waals surface area contributed by atoms with Crippen molar-refractivity contribution in [2.75, 3.05) is 7.11 Å². The van der Waals surface area contributed by atoms with Crippen LogP contribution < -0.4 is 10.4 Å². The van der Waals surface area contributed by atoms with E-state index in [4.69, 9.17) is 9.15 Å². The number of allylic oxidation sites excluding steroid dienone is 2. The molecule has 0 aliphatic rings. The SMILES string of the molecule is CCC/C=C(\C)c1cc(OC)c(C)c(=O)o1. The third-order valence-electron chi connectivity index (χ3n) is 2.49. The van der Waals surface area contributed by atoms with Crippen molar-refractivity contribution in [1.82, 2.24) is 0 Å². The molecule has 0 bridgehead atoms. The van der Waals surface area contributed by atoms with E-state index in [9.17, 15) is 4.79 Å². The Morgan fingerprint density at radius 3 is 2.81 bits per heavy atom. The molecule has 1 aromatic rings. The second-order valence-corrected chi connectivity index (χ2v) is 3.77. The van der Waals surface area contributed by atoms with Crippen LogP contribution in [0.4, 0.5) is 0 Å². The molecule has 0 spiro atoms. The van der Waals surface area contributed by atoms with Crippen LogP contribution in [0.5, 0.6) is 5.75 Å². The second-order valence-electron chi connectivity index (χ2n) is 3.77. The van der Waals surface area contributed by atoms with Gasteiger partial charge in [0.2, 0.25) is 0 Å².